The topological polar surface area (TPSA) is 38.3 Å². The SMILES string of the molecule is C#Cc1c(F)ccc2cc(OC(=O)NCC)cc(C(C)C)c12. The van der Waals surface area contributed by atoms with Gasteiger partial charge in [0.25, 0.3) is 0 Å². The van der Waals surface area contributed by atoms with E-state index in [-0.39, 0.29) is 11.5 Å². The predicted octanol–water partition coefficient (Wildman–Crippen LogP) is 4.19. The van der Waals surface area contributed by atoms with Gasteiger partial charge < -0.3 is 10.1 Å². The first kappa shape index (κ1) is 15.8. The van der Waals surface area contributed by atoms with Crippen LogP contribution in [0.4, 0.5) is 9.18 Å². The predicted molar refractivity (Wildman–Crippen MR) is 85.6 cm³/mol. The first-order chi connectivity index (χ1) is 10.5. The van der Waals surface area contributed by atoms with E-state index in [1.54, 1.807) is 18.2 Å². The molecule has 0 saturated heterocycles. The molecule has 1 N–H and O–H groups in total. The largest absolute Gasteiger partial charge is 0.412 e. The van der Waals surface area contributed by atoms with Crippen molar-refractivity contribution in [3.63, 3.8) is 0 Å². The number of amides is 1. The first-order valence-corrected chi connectivity index (χ1v) is 7.16. The summed E-state index contributed by atoms with van der Waals surface area (Å²) in [6.07, 6.45) is 4.94. The lowest BCUT2D eigenvalue weighted by atomic mass is 9.92. The van der Waals surface area contributed by atoms with Crippen LogP contribution >= 0.6 is 0 Å². The van der Waals surface area contributed by atoms with Gasteiger partial charge in [-0.05, 0) is 42.0 Å². The lowest BCUT2D eigenvalue weighted by Crippen LogP contribution is -2.26. The van der Waals surface area contributed by atoms with Crippen LogP contribution in [0.15, 0.2) is 24.3 Å². The fraction of sp³-hybridized carbons (Fsp3) is 0.278. The second-order valence-electron chi connectivity index (χ2n) is 5.25. The third kappa shape index (κ3) is 3.04. The zero-order valence-corrected chi connectivity index (χ0v) is 12.9. The second-order valence-corrected chi connectivity index (χ2v) is 5.25. The lowest BCUT2D eigenvalue weighted by Gasteiger charge is -2.15. The molecular formula is C18H18FNO2. The van der Waals surface area contributed by atoms with Gasteiger partial charge in [-0.1, -0.05) is 25.8 Å². The van der Waals surface area contributed by atoms with Crippen molar-refractivity contribution in [2.75, 3.05) is 6.54 Å². The average Bonchev–Trinajstić information content (AvgIpc) is 2.46. The second kappa shape index (κ2) is 6.48. The van der Waals surface area contributed by atoms with E-state index >= 15 is 0 Å². The number of terminal acetylenes is 1. The van der Waals surface area contributed by atoms with Gasteiger partial charge in [0, 0.05) is 11.9 Å². The van der Waals surface area contributed by atoms with Crippen LogP contribution in [0.1, 0.15) is 37.8 Å². The molecule has 2 aromatic carbocycles. The van der Waals surface area contributed by atoms with Crippen LogP contribution in [0.25, 0.3) is 10.8 Å². The van der Waals surface area contributed by atoms with E-state index in [1.165, 1.54) is 6.07 Å². The van der Waals surface area contributed by atoms with Crippen molar-refractivity contribution in [1.29, 1.82) is 0 Å². The molecule has 0 aliphatic heterocycles. The molecule has 0 aliphatic carbocycles. The van der Waals surface area contributed by atoms with Crippen molar-refractivity contribution in [2.45, 2.75) is 26.7 Å². The molecule has 0 fully saturated rings. The van der Waals surface area contributed by atoms with Crippen molar-refractivity contribution >= 4 is 16.9 Å². The molecule has 0 unspecified atom stereocenters. The Morgan fingerprint density at radius 1 is 1.41 bits per heavy atom. The summed E-state index contributed by atoms with van der Waals surface area (Å²) in [5, 5.41) is 4.01. The molecular weight excluding hydrogens is 281 g/mol. The van der Waals surface area contributed by atoms with Crippen molar-refractivity contribution in [2.24, 2.45) is 0 Å². The summed E-state index contributed by atoms with van der Waals surface area (Å²) in [5.41, 5.74) is 1.09. The highest BCUT2D eigenvalue weighted by atomic mass is 19.1. The average molecular weight is 299 g/mol. The number of ether oxygens (including phenoxy) is 1. The Labute approximate surface area is 129 Å². The monoisotopic (exact) mass is 299 g/mol. The number of hydrogen-bond donors (Lipinski definition) is 1. The number of rotatable bonds is 3. The summed E-state index contributed by atoms with van der Waals surface area (Å²) in [7, 11) is 0. The molecule has 0 bridgehead atoms. The Kier molecular flexibility index (Phi) is 4.67. The zero-order chi connectivity index (χ0) is 16.3. The zero-order valence-electron chi connectivity index (χ0n) is 12.9. The molecule has 0 heterocycles. The standard InChI is InChI=1S/C18H18FNO2/c1-5-14-16(19)8-7-12-9-13(22-18(21)20-6-2)10-15(11(3)4)17(12)14/h1,7-11H,6H2,2-4H3,(H,20,21). The van der Waals surface area contributed by atoms with E-state index in [0.717, 1.165) is 10.9 Å². The summed E-state index contributed by atoms with van der Waals surface area (Å²) in [4.78, 5) is 11.6. The summed E-state index contributed by atoms with van der Waals surface area (Å²) >= 11 is 0. The number of benzene rings is 2. The minimum Gasteiger partial charge on any atom is -0.410 e. The number of carbonyl (C=O) groups excluding carboxylic acids is 1. The fourth-order valence-corrected chi connectivity index (χ4v) is 2.39. The minimum atomic E-state index is -0.518. The number of hydrogen-bond acceptors (Lipinski definition) is 2. The van der Waals surface area contributed by atoms with Crippen LogP contribution < -0.4 is 10.1 Å². The van der Waals surface area contributed by atoms with Crippen molar-refractivity contribution in [3.05, 3.63) is 41.2 Å². The van der Waals surface area contributed by atoms with Crippen LogP contribution in [-0.4, -0.2) is 12.6 Å². The Balaban J connectivity index is 2.64. The van der Waals surface area contributed by atoms with Gasteiger partial charge in [0.05, 0.1) is 5.56 Å². The van der Waals surface area contributed by atoms with E-state index in [0.29, 0.717) is 17.7 Å². The summed E-state index contributed by atoms with van der Waals surface area (Å²) in [6.45, 7) is 6.25. The summed E-state index contributed by atoms with van der Waals surface area (Å²) in [5.74, 6) is 2.52. The maximum Gasteiger partial charge on any atom is 0.412 e. The van der Waals surface area contributed by atoms with Gasteiger partial charge in [-0.2, -0.15) is 0 Å². The molecule has 0 aromatic heterocycles. The van der Waals surface area contributed by atoms with Crippen LogP contribution in [-0.2, 0) is 0 Å². The Morgan fingerprint density at radius 3 is 2.73 bits per heavy atom. The van der Waals surface area contributed by atoms with Crippen molar-refractivity contribution < 1.29 is 13.9 Å². The van der Waals surface area contributed by atoms with Gasteiger partial charge in [0.15, 0.2) is 0 Å². The van der Waals surface area contributed by atoms with Gasteiger partial charge in [0.1, 0.15) is 11.6 Å². The molecule has 0 radical (unpaired) electrons. The van der Waals surface area contributed by atoms with Crippen LogP contribution in [0.2, 0.25) is 0 Å². The normalized spacial score (nSPS) is 10.5. The number of halogens is 1. The molecule has 22 heavy (non-hydrogen) atoms. The molecule has 2 aromatic rings. The van der Waals surface area contributed by atoms with Gasteiger partial charge in [-0.25, -0.2) is 9.18 Å². The van der Waals surface area contributed by atoms with E-state index in [1.807, 2.05) is 20.8 Å². The van der Waals surface area contributed by atoms with E-state index in [4.69, 9.17) is 11.2 Å². The van der Waals surface area contributed by atoms with Gasteiger partial charge in [-0.15, -0.1) is 6.42 Å². The minimum absolute atomic E-state index is 0.106. The third-order valence-corrected chi connectivity index (χ3v) is 3.37. The van der Waals surface area contributed by atoms with Crippen LogP contribution in [0.3, 0.4) is 0 Å². The summed E-state index contributed by atoms with van der Waals surface area (Å²) < 4.78 is 19.2. The van der Waals surface area contributed by atoms with Crippen LogP contribution in [0, 0.1) is 18.2 Å². The van der Waals surface area contributed by atoms with E-state index in [9.17, 15) is 9.18 Å². The molecule has 1 amide bonds. The molecule has 0 aliphatic rings. The van der Waals surface area contributed by atoms with E-state index < -0.39 is 11.9 Å². The molecule has 3 nitrogen and oxygen atoms in total. The molecule has 0 saturated carbocycles. The first-order valence-electron chi connectivity index (χ1n) is 7.16. The highest BCUT2D eigenvalue weighted by molar-refractivity contribution is 5.93. The molecule has 4 heteroatoms. The van der Waals surface area contributed by atoms with Crippen molar-refractivity contribution in [3.8, 4) is 18.1 Å². The van der Waals surface area contributed by atoms with Gasteiger partial charge in [-0.3, -0.25) is 0 Å². The number of carbonyl (C=O) groups is 1. The number of fused-ring (bicyclic) bond motifs is 1. The Bertz CT molecular complexity index is 760. The highest BCUT2D eigenvalue weighted by Gasteiger charge is 2.15. The molecule has 114 valence electrons. The quantitative estimate of drug-likeness (QED) is 0.863. The summed E-state index contributed by atoms with van der Waals surface area (Å²) in [6, 6.07) is 6.40. The third-order valence-electron chi connectivity index (χ3n) is 3.37. The van der Waals surface area contributed by atoms with E-state index in [2.05, 4.69) is 11.2 Å². The Morgan fingerprint density at radius 2 is 2.14 bits per heavy atom. The maximum atomic E-state index is 13.9. The fourth-order valence-electron chi connectivity index (χ4n) is 2.39. The lowest BCUT2D eigenvalue weighted by molar-refractivity contribution is 0.201. The molecule has 2 rings (SSSR count). The smallest absolute Gasteiger partial charge is 0.410 e. The van der Waals surface area contributed by atoms with Gasteiger partial charge >= 0.3 is 6.09 Å². The highest BCUT2D eigenvalue weighted by Crippen LogP contribution is 2.33. The molecule has 0 spiro atoms. The van der Waals surface area contributed by atoms with Crippen LogP contribution in [0.5, 0.6) is 5.75 Å². The maximum absolute atomic E-state index is 13.9. The van der Waals surface area contributed by atoms with Gasteiger partial charge in [0.2, 0.25) is 0 Å². The van der Waals surface area contributed by atoms with Crippen molar-refractivity contribution in [1.82, 2.24) is 5.32 Å². The number of nitrogens with one attached hydrogen (secondary N) is 1. The Hall–Kier alpha value is -2.54. The molecule has 0 atom stereocenters.